The van der Waals surface area contributed by atoms with Gasteiger partial charge in [-0.1, -0.05) is 64.5 Å². The number of hydrogen-bond donors (Lipinski definition) is 0. The molecular weight excluding hydrogens is 535 g/mol. The molecule has 1 saturated heterocycles. The summed E-state index contributed by atoms with van der Waals surface area (Å²) in [6.45, 7) is 19.9. The van der Waals surface area contributed by atoms with E-state index < -0.39 is 19.0 Å². The molecule has 206 valence electrons. The SMILES string of the molecule is CC(=O)[O-].[CH]=CCCCCC[C@H](CC1(Sc2ccccc2)C[C@H](C)OC1=O)O[Si](C)(C)C(C)(C)C.[Co]. The average Bonchev–Trinajstić information content (AvgIpc) is 2.99. The Morgan fingerprint density at radius 3 is 2.33 bits per heavy atom. The van der Waals surface area contributed by atoms with Gasteiger partial charge in [-0.15, -0.1) is 11.8 Å². The Bertz CT molecular complexity index is 808. The third-order valence-corrected chi connectivity index (χ3v) is 12.5. The summed E-state index contributed by atoms with van der Waals surface area (Å²) >= 11 is 1.66. The molecule has 0 amide bonds. The Kier molecular flexibility index (Phi) is 15.5. The van der Waals surface area contributed by atoms with Crippen LogP contribution in [0.5, 0.6) is 0 Å². The van der Waals surface area contributed by atoms with E-state index in [9.17, 15) is 4.79 Å². The first kappa shape index (κ1) is 34.9. The van der Waals surface area contributed by atoms with Gasteiger partial charge in [-0.05, 0) is 69.8 Å². The van der Waals surface area contributed by atoms with Crippen molar-refractivity contribution >= 4 is 32.0 Å². The van der Waals surface area contributed by atoms with E-state index in [2.05, 4.69) is 46.0 Å². The van der Waals surface area contributed by atoms with E-state index in [4.69, 9.17) is 25.6 Å². The molecule has 0 N–H and O–H groups in total. The smallest absolute Gasteiger partial charge is 0.323 e. The first-order valence-electron chi connectivity index (χ1n) is 12.6. The molecule has 1 aliphatic heterocycles. The van der Waals surface area contributed by atoms with E-state index in [1.165, 1.54) is 0 Å². The summed E-state index contributed by atoms with van der Waals surface area (Å²) in [7, 11) is -1.97. The van der Waals surface area contributed by atoms with Crippen molar-refractivity contribution in [3.63, 3.8) is 0 Å². The second-order valence-corrected chi connectivity index (χ2v) is 17.1. The fourth-order valence-corrected chi connectivity index (χ4v) is 6.71. The molecular formula is C28H44CoO5SSi-. The van der Waals surface area contributed by atoms with Crippen molar-refractivity contribution in [3.8, 4) is 0 Å². The van der Waals surface area contributed by atoms with Crippen LogP contribution in [0.2, 0.25) is 18.1 Å². The summed E-state index contributed by atoms with van der Waals surface area (Å²) in [5.74, 6) is -1.17. The van der Waals surface area contributed by atoms with Crippen LogP contribution in [-0.2, 0) is 35.5 Å². The first-order valence-corrected chi connectivity index (χ1v) is 16.3. The molecule has 36 heavy (non-hydrogen) atoms. The van der Waals surface area contributed by atoms with Gasteiger partial charge in [0.25, 0.3) is 0 Å². The van der Waals surface area contributed by atoms with Crippen molar-refractivity contribution < 1.29 is 40.6 Å². The number of esters is 1. The van der Waals surface area contributed by atoms with Gasteiger partial charge in [0.1, 0.15) is 10.9 Å². The monoisotopic (exact) mass is 579 g/mol. The molecule has 0 aromatic heterocycles. The Labute approximate surface area is 234 Å². The summed E-state index contributed by atoms with van der Waals surface area (Å²) in [4.78, 5) is 23.1. The number of cyclic esters (lactones) is 1. The van der Waals surface area contributed by atoms with E-state index in [-0.39, 0.29) is 40.0 Å². The Hall–Kier alpha value is -1.07. The van der Waals surface area contributed by atoms with E-state index >= 15 is 0 Å². The molecule has 1 aliphatic rings. The number of carboxylic acid groups (broad SMARTS) is 1. The van der Waals surface area contributed by atoms with Crippen LogP contribution in [0.15, 0.2) is 41.3 Å². The van der Waals surface area contributed by atoms with Gasteiger partial charge in [0.05, 0.1) is 0 Å². The van der Waals surface area contributed by atoms with Crippen molar-refractivity contribution in [2.45, 2.75) is 120 Å². The second-order valence-electron chi connectivity index (χ2n) is 10.9. The maximum atomic E-state index is 13.1. The molecule has 0 spiro atoms. The Morgan fingerprint density at radius 2 is 1.86 bits per heavy atom. The van der Waals surface area contributed by atoms with Crippen molar-refractivity contribution in [2.24, 2.45) is 0 Å². The van der Waals surface area contributed by atoms with Crippen LogP contribution in [0.25, 0.3) is 0 Å². The number of unbranched alkanes of at least 4 members (excludes halogenated alkanes) is 3. The van der Waals surface area contributed by atoms with Crippen molar-refractivity contribution in [1.82, 2.24) is 0 Å². The van der Waals surface area contributed by atoms with E-state index in [0.29, 0.717) is 6.42 Å². The summed E-state index contributed by atoms with van der Waals surface area (Å²) in [5, 5.41) is 9.02. The molecule has 0 bridgehead atoms. The number of rotatable bonds is 12. The zero-order chi connectivity index (χ0) is 26.7. The van der Waals surface area contributed by atoms with Crippen molar-refractivity contribution in [2.75, 3.05) is 0 Å². The molecule has 1 aromatic carbocycles. The minimum absolute atomic E-state index is 0. The van der Waals surface area contributed by atoms with Gasteiger partial charge in [0.15, 0.2) is 8.32 Å². The molecule has 2 radical (unpaired) electrons. The summed E-state index contributed by atoms with van der Waals surface area (Å²) in [6, 6.07) is 10.2. The van der Waals surface area contributed by atoms with Gasteiger partial charge in [-0.2, -0.15) is 0 Å². The van der Waals surface area contributed by atoms with Crippen LogP contribution >= 0.6 is 11.8 Å². The molecule has 5 nitrogen and oxygen atoms in total. The number of benzene rings is 1. The van der Waals surface area contributed by atoms with Gasteiger partial charge in [0, 0.05) is 40.2 Å². The fourth-order valence-electron chi connectivity index (χ4n) is 3.86. The number of ether oxygens (including phenoxy) is 1. The van der Waals surface area contributed by atoms with Gasteiger partial charge in [-0.25, -0.2) is 0 Å². The van der Waals surface area contributed by atoms with Gasteiger partial charge in [-0.3, -0.25) is 4.79 Å². The van der Waals surface area contributed by atoms with Crippen LogP contribution in [-0.4, -0.2) is 37.2 Å². The third-order valence-electron chi connectivity index (χ3n) is 6.58. The van der Waals surface area contributed by atoms with Gasteiger partial charge < -0.3 is 19.1 Å². The molecule has 1 heterocycles. The largest absolute Gasteiger partial charge is 0.550 e. The standard InChI is InChI=1S/C26H41O3SSi.C2H4O2.Co/c1-8-9-10-11-13-16-22(29-31(6,7)25(3,4)5)20-26(19-21(2)28-24(26)27)30-23-17-14-12-15-18-23;1-2(3)4;/h1,8,12,14-15,17-18,21-22H,9-11,13,16,19-20H2,2-7H3;1H3,(H,3,4);/p-1/t21-,22+,26?;;/m0../s1. The molecule has 0 aliphatic carbocycles. The van der Waals surface area contributed by atoms with Crippen LogP contribution < -0.4 is 5.11 Å². The fraction of sp³-hybridized carbons (Fsp3) is 0.643. The van der Waals surface area contributed by atoms with Crippen molar-refractivity contribution in [1.29, 1.82) is 0 Å². The summed E-state index contributed by atoms with van der Waals surface area (Å²) < 4.78 is 12.0. The average molecular weight is 580 g/mol. The van der Waals surface area contributed by atoms with Crippen LogP contribution in [0, 0.1) is 6.58 Å². The number of aliphatic carboxylic acids is 1. The summed E-state index contributed by atoms with van der Waals surface area (Å²) in [6.07, 6.45) is 8.40. The molecule has 1 aromatic rings. The van der Waals surface area contributed by atoms with E-state index in [1.54, 1.807) is 17.8 Å². The van der Waals surface area contributed by atoms with Crippen molar-refractivity contribution in [3.05, 3.63) is 43.0 Å². The number of hydrogen-bond acceptors (Lipinski definition) is 6. The maximum absolute atomic E-state index is 13.1. The molecule has 8 heteroatoms. The number of allylic oxidation sites excluding steroid dienone is 1. The zero-order valence-corrected chi connectivity index (χ0v) is 25.8. The van der Waals surface area contributed by atoms with Crippen LogP contribution in [0.4, 0.5) is 0 Å². The predicted molar refractivity (Wildman–Crippen MR) is 145 cm³/mol. The Balaban J connectivity index is 0.00000227. The number of carbonyl (C=O) groups excluding carboxylic acids is 2. The number of carbonyl (C=O) groups is 2. The quantitative estimate of drug-likeness (QED) is 0.164. The molecule has 3 atom stereocenters. The van der Waals surface area contributed by atoms with Crippen LogP contribution in [0.3, 0.4) is 0 Å². The zero-order valence-electron chi connectivity index (χ0n) is 22.9. The minimum atomic E-state index is -1.97. The Morgan fingerprint density at radius 1 is 1.28 bits per heavy atom. The van der Waals surface area contributed by atoms with Gasteiger partial charge >= 0.3 is 5.97 Å². The van der Waals surface area contributed by atoms with E-state index in [1.807, 2.05) is 25.1 Å². The molecule has 2 rings (SSSR count). The van der Waals surface area contributed by atoms with Gasteiger partial charge in [0.2, 0.25) is 0 Å². The maximum Gasteiger partial charge on any atom is 0.323 e. The minimum Gasteiger partial charge on any atom is -0.550 e. The molecule has 1 fully saturated rings. The first-order chi connectivity index (χ1) is 16.2. The number of carboxylic acids is 1. The predicted octanol–water partition coefficient (Wildman–Crippen LogP) is 6.33. The van der Waals surface area contributed by atoms with E-state index in [0.717, 1.165) is 50.3 Å². The number of thioether (sulfide) groups is 1. The second kappa shape index (κ2) is 16.0. The topological polar surface area (TPSA) is 75.7 Å². The third kappa shape index (κ3) is 12.0. The normalized spacial score (nSPS) is 20.4. The van der Waals surface area contributed by atoms with Crippen LogP contribution in [0.1, 0.15) is 79.6 Å². The molecule has 0 saturated carbocycles. The molecule has 1 unspecified atom stereocenters. The summed E-state index contributed by atoms with van der Waals surface area (Å²) in [5.41, 5.74) is 0.